The predicted octanol–water partition coefficient (Wildman–Crippen LogP) is 1.29. The summed E-state index contributed by atoms with van der Waals surface area (Å²) in [6.07, 6.45) is -0.180. The molecule has 0 radical (unpaired) electrons. The summed E-state index contributed by atoms with van der Waals surface area (Å²) in [6, 6.07) is 10.2. The van der Waals surface area contributed by atoms with Gasteiger partial charge in [-0.1, -0.05) is 30.3 Å². The Hall–Kier alpha value is -0.550. The fourth-order valence-corrected chi connectivity index (χ4v) is 2.27. The van der Waals surface area contributed by atoms with Crippen LogP contribution in [0.1, 0.15) is 5.56 Å². The van der Waals surface area contributed by atoms with Gasteiger partial charge in [0.1, 0.15) is 0 Å². The molecule has 0 fully saturated rings. The van der Waals surface area contributed by atoms with Crippen LogP contribution in [-0.4, -0.2) is 41.9 Å². The summed E-state index contributed by atoms with van der Waals surface area (Å²) in [4.78, 5) is 0. The Balaban J connectivity index is 2.18. The highest BCUT2D eigenvalue weighted by Crippen LogP contribution is 2.13. The summed E-state index contributed by atoms with van der Waals surface area (Å²) >= 11 is 1.72. The number of ether oxygens (including phenoxy) is 1. The number of hydrogen-bond donors (Lipinski definition) is 2. The van der Waals surface area contributed by atoms with Crippen LogP contribution in [0.15, 0.2) is 30.3 Å². The number of thioether (sulfide) groups is 1. The van der Waals surface area contributed by atoms with Crippen molar-refractivity contribution in [2.24, 2.45) is 0 Å². The van der Waals surface area contributed by atoms with Crippen molar-refractivity contribution in [1.29, 1.82) is 0 Å². The van der Waals surface area contributed by atoms with Crippen molar-refractivity contribution in [1.82, 2.24) is 0 Å². The molecule has 0 aliphatic carbocycles. The first kappa shape index (κ1) is 13.5. The Kier molecular flexibility index (Phi) is 7.25. The molecular weight excluding hydrogens is 224 g/mol. The van der Waals surface area contributed by atoms with E-state index in [2.05, 4.69) is 12.1 Å². The van der Waals surface area contributed by atoms with Crippen LogP contribution in [0.3, 0.4) is 0 Å². The molecule has 0 bridgehead atoms. The molecule has 1 atom stereocenters. The average molecular weight is 242 g/mol. The van der Waals surface area contributed by atoms with Crippen LogP contribution in [-0.2, 0) is 10.5 Å². The van der Waals surface area contributed by atoms with Gasteiger partial charge in [-0.2, -0.15) is 11.8 Å². The van der Waals surface area contributed by atoms with E-state index >= 15 is 0 Å². The second-order valence-electron chi connectivity index (χ2n) is 3.40. The minimum Gasteiger partial charge on any atom is -0.394 e. The summed E-state index contributed by atoms with van der Waals surface area (Å²) in [5.41, 5.74) is 1.27. The van der Waals surface area contributed by atoms with Crippen LogP contribution in [0, 0.1) is 0 Å². The maximum Gasteiger partial charge on any atom is 0.0897 e. The van der Waals surface area contributed by atoms with Gasteiger partial charge in [-0.05, 0) is 5.56 Å². The molecule has 0 spiro atoms. The quantitative estimate of drug-likeness (QED) is 0.721. The molecule has 0 saturated carbocycles. The predicted molar refractivity (Wildman–Crippen MR) is 66.5 cm³/mol. The zero-order valence-corrected chi connectivity index (χ0v) is 10.0. The molecule has 1 unspecified atom stereocenters. The van der Waals surface area contributed by atoms with E-state index in [1.54, 1.807) is 11.8 Å². The van der Waals surface area contributed by atoms with Gasteiger partial charge < -0.3 is 14.9 Å². The Morgan fingerprint density at radius 2 is 1.94 bits per heavy atom. The van der Waals surface area contributed by atoms with Gasteiger partial charge in [0.05, 0.1) is 25.9 Å². The number of aliphatic hydroxyl groups excluding tert-OH is 2. The lowest BCUT2D eigenvalue weighted by Crippen LogP contribution is -2.22. The zero-order chi connectivity index (χ0) is 11.6. The first-order valence-corrected chi connectivity index (χ1v) is 6.47. The third-order valence-electron chi connectivity index (χ3n) is 2.06. The Bertz CT molecular complexity index is 266. The standard InChI is InChI=1S/C12H18O3S/c13-6-7-15-12(8-14)10-16-9-11-4-2-1-3-5-11/h1-5,12-14H,6-10H2. The van der Waals surface area contributed by atoms with Crippen molar-refractivity contribution in [2.45, 2.75) is 11.9 Å². The minimum atomic E-state index is -0.180. The Morgan fingerprint density at radius 3 is 2.56 bits per heavy atom. The van der Waals surface area contributed by atoms with E-state index in [4.69, 9.17) is 14.9 Å². The fourth-order valence-electron chi connectivity index (χ4n) is 1.26. The van der Waals surface area contributed by atoms with E-state index in [1.165, 1.54) is 5.56 Å². The van der Waals surface area contributed by atoms with Gasteiger partial charge >= 0.3 is 0 Å². The van der Waals surface area contributed by atoms with Gasteiger partial charge in [0.2, 0.25) is 0 Å². The molecule has 0 saturated heterocycles. The molecule has 16 heavy (non-hydrogen) atoms. The summed E-state index contributed by atoms with van der Waals surface area (Å²) in [7, 11) is 0. The molecule has 3 nitrogen and oxygen atoms in total. The second-order valence-corrected chi connectivity index (χ2v) is 4.43. The van der Waals surface area contributed by atoms with Crippen LogP contribution >= 0.6 is 11.8 Å². The van der Waals surface area contributed by atoms with E-state index in [1.807, 2.05) is 18.2 Å². The topological polar surface area (TPSA) is 49.7 Å². The van der Waals surface area contributed by atoms with E-state index < -0.39 is 0 Å². The molecule has 4 heteroatoms. The van der Waals surface area contributed by atoms with Crippen LogP contribution in [0.5, 0.6) is 0 Å². The highest BCUT2D eigenvalue weighted by atomic mass is 32.2. The molecule has 0 amide bonds. The molecule has 0 aliphatic rings. The maximum absolute atomic E-state index is 9.03. The van der Waals surface area contributed by atoms with E-state index in [0.717, 1.165) is 11.5 Å². The molecule has 90 valence electrons. The first-order chi connectivity index (χ1) is 7.86. The monoisotopic (exact) mass is 242 g/mol. The second kappa shape index (κ2) is 8.58. The van der Waals surface area contributed by atoms with E-state index in [0.29, 0.717) is 0 Å². The van der Waals surface area contributed by atoms with Gasteiger partial charge in [0, 0.05) is 11.5 Å². The molecule has 0 aliphatic heterocycles. The zero-order valence-electron chi connectivity index (χ0n) is 9.21. The van der Waals surface area contributed by atoms with Crippen LogP contribution in [0.25, 0.3) is 0 Å². The molecular formula is C12H18O3S. The van der Waals surface area contributed by atoms with Gasteiger partial charge in [0.15, 0.2) is 0 Å². The SMILES string of the molecule is OCCOC(CO)CSCc1ccccc1. The van der Waals surface area contributed by atoms with Gasteiger partial charge in [-0.3, -0.25) is 0 Å². The van der Waals surface area contributed by atoms with Crippen molar-refractivity contribution in [3.8, 4) is 0 Å². The van der Waals surface area contributed by atoms with Crippen molar-refractivity contribution < 1.29 is 14.9 Å². The largest absolute Gasteiger partial charge is 0.394 e. The molecule has 2 N–H and O–H groups in total. The smallest absolute Gasteiger partial charge is 0.0897 e. The third-order valence-corrected chi connectivity index (χ3v) is 3.21. The molecule has 0 heterocycles. The summed E-state index contributed by atoms with van der Waals surface area (Å²) in [6.45, 7) is 0.290. The summed E-state index contributed by atoms with van der Waals surface area (Å²) in [5, 5.41) is 17.6. The van der Waals surface area contributed by atoms with Gasteiger partial charge in [0.25, 0.3) is 0 Å². The Labute approximate surface area is 100 Å². The summed E-state index contributed by atoms with van der Waals surface area (Å²) < 4.78 is 5.26. The third kappa shape index (κ3) is 5.51. The lowest BCUT2D eigenvalue weighted by molar-refractivity contribution is 0.00993. The van der Waals surface area contributed by atoms with E-state index in [9.17, 15) is 0 Å². The van der Waals surface area contributed by atoms with Crippen LogP contribution in [0.4, 0.5) is 0 Å². The van der Waals surface area contributed by atoms with Gasteiger partial charge in [-0.15, -0.1) is 0 Å². The Morgan fingerprint density at radius 1 is 1.19 bits per heavy atom. The van der Waals surface area contributed by atoms with Crippen LogP contribution < -0.4 is 0 Å². The number of rotatable bonds is 8. The molecule has 1 aromatic rings. The van der Waals surface area contributed by atoms with Crippen molar-refractivity contribution in [2.75, 3.05) is 25.6 Å². The van der Waals surface area contributed by atoms with Crippen molar-refractivity contribution >= 4 is 11.8 Å². The lowest BCUT2D eigenvalue weighted by Gasteiger charge is -2.14. The lowest BCUT2D eigenvalue weighted by atomic mass is 10.2. The fraction of sp³-hybridized carbons (Fsp3) is 0.500. The number of aliphatic hydroxyl groups is 2. The summed E-state index contributed by atoms with van der Waals surface area (Å²) in [5.74, 6) is 1.66. The highest BCUT2D eigenvalue weighted by molar-refractivity contribution is 7.98. The van der Waals surface area contributed by atoms with Crippen LogP contribution in [0.2, 0.25) is 0 Å². The molecule has 0 aromatic heterocycles. The highest BCUT2D eigenvalue weighted by Gasteiger charge is 2.07. The first-order valence-electron chi connectivity index (χ1n) is 5.31. The average Bonchev–Trinajstić information content (AvgIpc) is 2.35. The minimum absolute atomic E-state index is 0.000147. The number of benzene rings is 1. The van der Waals surface area contributed by atoms with Gasteiger partial charge in [-0.25, -0.2) is 0 Å². The van der Waals surface area contributed by atoms with Crippen molar-refractivity contribution in [3.63, 3.8) is 0 Å². The molecule has 1 aromatic carbocycles. The maximum atomic E-state index is 9.03. The number of hydrogen-bond acceptors (Lipinski definition) is 4. The van der Waals surface area contributed by atoms with Crippen molar-refractivity contribution in [3.05, 3.63) is 35.9 Å². The normalized spacial score (nSPS) is 12.6. The van der Waals surface area contributed by atoms with E-state index in [-0.39, 0.29) is 25.9 Å². The molecule has 1 rings (SSSR count).